The van der Waals surface area contributed by atoms with Crippen molar-refractivity contribution in [3.63, 3.8) is 0 Å². The Kier molecular flexibility index (Phi) is 8.39. The molecule has 4 aromatic rings. The zero-order valence-corrected chi connectivity index (χ0v) is 21.1. The van der Waals surface area contributed by atoms with Gasteiger partial charge in [0, 0.05) is 32.1 Å². The third-order valence-corrected chi connectivity index (χ3v) is 6.20. The highest BCUT2D eigenvalue weighted by Crippen LogP contribution is 2.36. The molecule has 0 unspecified atom stereocenters. The Morgan fingerprint density at radius 2 is 1.15 bits per heavy atom. The van der Waals surface area contributed by atoms with Gasteiger partial charge in [-0.05, 0) is 12.1 Å². The van der Waals surface area contributed by atoms with E-state index in [1.165, 1.54) is 4.90 Å². The summed E-state index contributed by atoms with van der Waals surface area (Å²) >= 11 is 3.54. The highest BCUT2D eigenvalue weighted by molar-refractivity contribution is 9.10. The molecule has 0 spiro atoms. The first-order chi connectivity index (χ1) is 15.6. The van der Waals surface area contributed by atoms with Crippen molar-refractivity contribution in [3.8, 4) is 33.9 Å². The lowest BCUT2D eigenvalue weighted by molar-refractivity contribution is 0.366. The second-order valence-electron chi connectivity index (χ2n) is 7.06. The fourth-order valence-electron chi connectivity index (χ4n) is 3.15. The number of hydrogen-bond acceptors (Lipinski definition) is 5. The van der Waals surface area contributed by atoms with Crippen LogP contribution in [0, 0.1) is 0 Å². The predicted molar refractivity (Wildman–Crippen MR) is 136 cm³/mol. The van der Waals surface area contributed by atoms with Crippen LogP contribution >= 0.6 is 15.9 Å². The molecular formula is C24H21BrN2O4S2. The van der Waals surface area contributed by atoms with Gasteiger partial charge in [-0.3, -0.25) is 4.55 Å². The van der Waals surface area contributed by atoms with Crippen molar-refractivity contribution >= 4 is 37.2 Å². The van der Waals surface area contributed by atoms with E-state index in [9.17, 15) is 0 Å². The highest BCUT2D eigenvalue weighted by Gasteiger charge is 2.27. The van der Waals surface area contributed by atoms with Crippen molar-refractivity contribution < 1.29 is 17.5 Å². The third-order valence-electron chi connectivity index (χ3n) is 4.47. The summed E-state index contributed by atoms with van der Waals surface area (Å²) < 4.78 is 33.9. The normalized spacial score (nSPS) is 11.1. The second kappa shape index (κ2) is 11.0. The standard InChI is InChI=1S/C24H20BrN2S.H2O4S/c1-28(2)23-21(17-9-5-3-6-10-17)26-24(19-11-7-4-8-12-19)27-22(23)18-13-15-20(25)16-14-18;1-5(2,3)4/h3-16H,1-2H3;(H2,1,2,3,4)/q+1;/p-1. The van der Waals surface area contributed by atoms with Gasteiger partial charge in [0.15, 0.2) is 5.82 Å². The minimum atomic E-state index is -4.92. The number of benzene rings is 3. The first kappa shape index (κ1) is 25.1. The van der Waals surface area contributed by atoms with Gasteiger partial charge in [0.2, 0.25) is 15.3 Å². The first-order valence-corrected chi connectivity index (χ1v) is 13.9. The quantitative estimate of drug-likeness (QED) is 0.207. The molecule has 0 aliphatic rings. The van der Waals surface area contributed by atoms with Crippen molar-refractivity contribution in [3.05, 3.63) is 89.4 Å². The Labute approximate surface area is 204 Å². The Morgan fingerprint density at radius 3 is 1.58 bits per heavy atom. The van der Waals surface area contributed by atoms with Crippen molar-refractivity contribution in [2.75, 3.05) is 12.5 Å². The molecule has 0 amide bonds. The molecule has 33 heavy (non-hydrogen) atoms. The van der Waals surface area contributed by atoms with Gasteiger partial charge in [-0.15, -0.1) is 0 Å². The Hall–Kier alpha value is -2.56. The lowest BCUT2D eigenvalue weighted by atomic mass is 10.1. The van der Waals surface area contributed by atoms with Crippen LogP contribution in [0.3, 0.4) is 0 Å². The van der Waals surface area contributed by atoms with Gasteiger partial charge in [-0.1, -0.05) is 88.7 Å². The largest absolute Gasteiger partial charge is 0.726 e. The molecule has 1 N–H and O–H groups in total. The third kappa shape index (κ3) is 7.21. The van der Waals surface area contributed by atoms with E-state index < -0.39 is 10.4 Å². The Bertz CT molecular complexity index is 1310. The summed E-state index contributed by atoms with van der Waals surface area (Å²) in [5.74, 6) is 0.756. The first-order valence-electron chi connectivity index (χ1n) is 9.68. The van der Waals surface area contributed by atoms with Gasteiger partial charge >= 0.3 is 0 Å². The van der Waals surface area contributed by atoms with Crippen molar-refractivity contribution in [2.45, 2.75) is 4.90 Å². The minimum absolute atomic E-state index is 0.00978. The summed E-state index contributed by atoms with van der Waals surface area (Å²) in [7, 11) is -4.93. The molecule has 6 nitrogen and oxygen atoms in total. The van der Waals surface area contributed by atoms with Crippen LogP contribution in [0.4, 0.5) is 0 Å². The summed E-state index contributed by atoms with van der Waals surface area (Å²) in [6.07, 6.45) is 4.46. The topological polar surface area (TPSA) is 103 Å². The second-order valence-corrected chi connectivity index (χ2v) is 10.9. The van der Waals surface area contributed by atoms with Crippen molar-refractivity contribution in [1.82, 2.24) is 9.97 Å². The summed E-state index contributed by atoms with van der Waals surface area (Å²) in [6, 6.07) is 29.0. The fraction of sp³-hybridized carbons (Fsp3) is 0.0833. The van der Waals surface area contributed by atoms with Crippen LogP contribution in [0.15, 0.2) is 94.3 Å². The summed E-state index contributed by atoms with van der Waals surface area (Å²) in [6.45, 7) is 0. The van der Waals surface area contributed by atoms with Gasteiger partial charge in [0.1, 0.15) is 23.9 Å². The van der Waals surface area contributed by atoms with Crippen LogP contribution in [0.25, 0.3) is 33.9 Å². The van der Waals surface area contributed by atoms with E-state index >= 15 is 0 Å². The molecule has 0 aliphatic heterocycles. The molecule has 0 bridgehead atoms. The van der Waals surface area contributed by atoms with E-state index in [1.807, 2.05) is 24.3 Å². The average molecular weight is 545 g/mol. The van der Waals surface area contributed by atoms with Crippen LogP contribution in [0.1, 0.15) is 0 Å². The zero-order valence-electron chi connectivity index (χ0n) is 17.8. The maximum atomic E-state index is 8.63. The van der Waals surface area contributed by atoms with E-state index in [2.05, 4.69) is 89.1 Å². The van der Waals surface area contributed by atoms with Gasteiger partial charge in [0.05, 0.1) is 0 Å². The predicted octanol–water partition coefficient (Wildman–Crippen LogP) is 5.48. The van der Waals surface area contributed by atoms with Crippen molar-refractivity contribution in [2.24, 2.45) is 0 Å². The van der Waals surface area contributed by atoms with E-state index in [4.69, 9.17) is 27.5 Å². The maximum absolute atomic E-state index is 8.63. The molecular weight excluding hydrogens is 524 g/mol. The Balaban J connectivity index is 0.000000555. The zero-order chi connectivity index (χ0) is 24.0. The molecule has 0 saturated carbocycles. The summed E-state index contributed by atoms with van der Waals surface area (Å²) in [5, 5.41) is 0. The number of rotatable bonds is 4. The molecule has 0 fully saturated rings. The summed E-state index contributed by atoms with van der Waals surface area (Å²) in [4.78, 5) is 11.3. The van der Waals surface area contributed by atoms with Crippen LogP contribution in [0.5, 0.6) is 0 Å². The highest BCUT2D eigenvalue weighted by atomic mass is 79.9. The van der Waals surface area contributed by atoms with Crippen LogP contribution < -0.4 is 0 Å². The lowest BCUT2D eigenvalue weighted by Crippen LogP contribution is -2.07. The molecule has 0 radical (unpaired) electrons. The number of nitrogens with zero attached hydrogens (tertiary/aromatic N) is 2. The van der Waals surface area contributed by atoms with Crippen LogP contribution in [-0.4, -0.2) is 40.0 Å². The minimum Gasteiger partial charge on any atom is -0.726 e. The average Bonchev–Trinajstić information content (AvgIpc) is 2.79. The summed E-state index contributed by atoms with van der Waals surface area (Å²) in [5.41, 5.74) is 5.28. The van der Waals surface area contributed by atoms with E-state index in [1.54, 1.807) is 0 Å². The SMILES string of the molecule is C[S+](C)c1c(-c2ccccc2)nc(-c2ccccc2)nc1-c1ccc(Br)cc1.O=S(=O)([O-])O. The molecule has 1 heterocycles. The molecule has 0 atom stereocenters. The molecule has 170 valence electrons. The molecule has 9 heteroatoms. The van der Waals surface area contributed by atoms with Gasteiger partial charge < -0.3 is 4.55 Å². The van der Waals surface area contributed by atoms with Gasteiger partial charge in [-0.25, -0.2) is 18.4 Å². The number of halogens is 1. The lowest BCUT2D eigenvalue weighted by Gasteiger charge is -2.13. The smallest absolute Gasteiger partial charge is 0.215 e. The van der Waals surface area contributed by atoms with Gasteiger partial charge in [0.25, 0.3) is 0 Å². The van der Waals surface area contributed by atoms with Crippen LogP contribution in [0.2, 0.25) is 0 Å². The number of hydrogen-bond donors (Lipinski definition) is 1. The van der Waals surface area contributed by atoms with E-state index in [-0.39, 0.29) is 10.9 Å². The fourth-order valence-corrected chi connectivity index (χ4v) is 4.51. The van der Waals surface area contributed by atoms with Crippen LogP contribution in [-0.2, 0) is 21.3 Å². The monoisotopic (exact) mass is 544 g/mol. The molecule has 1 aromatic heterocycles. The van der Waals surface area contributed by atoms with E-state index in [0.717, 1.165) is 38.4 Å². The van der Waals surface area contributed by atoms with Gasteiger partial charge in [-0.2, -0.15) is 0 Å². The number of aromatic nitrogens is 2. The molecule has 3 aromatic carbocycles. The maximum Gasteiger partial charge on any atom is 0.215 e. The van der Waals surface area contributed by atoms with Crippen molar-refractivity contribution in [1.29, 1.82) is 0 Å². The molecule has 0 aliphatic carbocycles. The molecule has 4 rings (SSSR count). The van der Waals surface area contributed by atoms with E-state index in [0.29, 0.717) is 0 Å². The Morgan fingerprint density at radius 1 is 0.758 bits per heavy atom. The molecule has 0 saturated heterocycles.